The molecule has 10 aromatic carbocycles. The van der Waals surface area contributed by atoms with Crippen molar-refractivity contribution in [3.8, 4) is 108 Å². The van der Waals surface area contributed by atoms with E-state index in [1.54, 1.807) is 23.4 Å². The summed E-state index contributed by atoms with van der Waals surface area (Å²) in [6, 6.07) is 78.9. The van der Waals surface area contributed by atoms with E-state index in [1.165, 1.54) is 11.3 Å². The molecule has 137 heavy (non-hydrogen) atoms. The highest BCUT2D eigenvalue weighted by molar-refractivity contribution is 14.1. The van der Waals surface area contributed by atoms with Crippen LogP contribution in [0.2, 0.25) is 0 Å². The van der Waals surface area contributed by atoms with E-state index in [0.717, 1.165) is 186 Å². The van der Waals surface area contributed by atoms with Crippen LogP contribution in [0.4, 0.5) is 28.4 Å². The van der Waals surface area contributed by atoms with Gasteiger partial charge in [0.1, 0.15) is 71.3 Å². The molecule has 0 spiro atoms. The standard InChI is InChI=1S/3C23H30N4O3.C19H21IN4O.C17H18N4.CH4/c3*1-4-13-28-14-15-29-16-17-30-22-11-9-21(10-12-22)27-18-23(24-25-27)19-5-7-20(8-6-19)26(2)3;1-4-11-25-19-10-9-16(12-17(19)20)24-13-18(21-22-24)14-5-7-15(8-6-14)23(2)3;1-13-4-8-16(9-5-13)21-12-17(18-19-21)14-6-10-15(11-7-14)20(2)3;/h3*5-12,18H,4,13-17H2,1-3H3;5-10,12-13H,4,11H2,1-3H3;4-12H,1-3H3;1H4. The number of nitrogens with zero attached hydrogens (tertiary/aromatic N) is 20. The molecule has 0 aliphatic heterocycles. The normalized spacial score (nSPS) is 10.7. The molecule has 5 aromatic heterocycles. The van der Waals surface area contributed by atoms with Gasteiger partial charge in [0, 0.05) is 147 Å². The summed E-state index contributed by atoms with van der Waals surface area (Å²) < 4.78 is 65.4. The van der Waals surface area contributed by atoms with Crippen molar-refractivity contribution in [1.29, 1.82) is 0 Å². The molecule has 0 aliphatic rings. The molecule has 0 amide bonds. The van der Waals surface area contributed by atoms with Gasteiger partial charge in [0.15, 0.2) is 0 Å². The molecule has 0 bridgehead atoms. The van der Waals surface area contributed by atoms with Crippen molar-refractivity contribution in [3.05, 3.63) is 277 Å². The van der Waals surface area contributed by atoms with Gasteiger partial charge in [-0.05, 0) is 219 Å². The van der Waals surface area contributed by atoms with Crippen molar-refractivity contribution in [3.63, 3.8) is 0 Å². The van der Waals surface area contributed by atoms with Gasteiger partial charge >= 0.3 is 0 Å². The number of hydrogen-bond donors (Lipinski definition) is 0. The van der Waals surface area contributed by atoms with Gasteiger partial charge in [-0.15, -0.1) is 25.5 Å². The Labute approximate surface area is 821 Å². The summed E-state index contributed by atoms with van der Waals surface area (Å²) in [5, 5.41) is 42.7. The minimum Gasteiger partial charge on any atom is -0.492 e. The summed E-state index contributed by atoms with van der Waals surface area (Å²) in [7, 11) is 20.3. The molecule has 15 rings (SSSR count). The molecule has 0 saturated carbocycles. The highest BCUT2D eigenvalue weighted by Gasteiger charge is 2.15. The first-order chi connectivity index (χ1) is 66.2. The van der Waals surface area contributed by atoms with E-state index in [-0.39, 0.29) is 7.43 Å². The van der Waals surface area contributed by atoms with Crippen LogP contribution in [0.1, 0.15) is 66.4 Å². The van der Waals surface area contributed by atoms with Gasteiger partial charge in [-0.2, -0.15) is 0 Å². The second-order valence-corrected chi connectivity index (χ2v) is 33.6. The molecule has 0 fully saturated rings. The molecule has 0 aliphatic carbocycles. The lowest BCUT2D eigenvalue weighted by Gasteiger charge is -2.11. The van der Waals surface area contributed by atoms with Crippen molar-refractivity contribution in [2.24, 2.45) is 0 Å². The van der Waals surface area contributed by atoms with Crippen molar-refractivity contribution < 1.29 is 47.4 Å². The fourth-order valence-corrected chi connectivity index (χ4v) is 13.7. The Morgan fingerprint density at radius 2 is 0.453 bits per heavy atom. The third-order valence-electron chi connectivity index (χ3n) is 20.8. The highest BCUT2D eigenvalue weighted by atomic mass is 127. The predicted octanol–water partition coefficient (Wildman–Crippen LogP) is 19.8. The van der Waals surface area contributed by atoms with Gasteiger partial charge in [-0.25, -0.2) is 23.4 Å². The van der Waals surface area contributed by atoms with E-state index in [1.807, 2.05) is 199 Å². The van der Waals surface area contributed by atoms with Gasteiger partial charge in [0.25, 0.3) is 0 Å². The highest BCUT2D eigenvalue weighted by Crippen LogP contribution is 2.31. The number of aryl methyl sites for hydroxylation is 1. The molecular formula is C106H133IN20O10. The number of ether oxygens (including phenoxy) is 10. The number of anilines is 5. The van der Waals surface area contributed by atoms with Crippen molar-refractivity contribution >= 4 is 51.0 Å². The molecule has 0 N–H and O–H groups in total. The minimum atomic E-state index is 0. The number of rotatable bonds is 45. The van der Waals surface area contributed by atoms with Crippen LogP contribution in [0.3, 0.4) is 0 Å². The Hall–Kier alpha value is -13.4. The van der Waals surface area contributed by atoms with Gasteiger partial charge in [0.05, 0.1) is 129 Å². The fraction of sp³-hybridized carbons (Fsp3) is 0.340. The Morgan fingerprint density at radius 3 is 0.679 bits per heavy atom. The molecule has 0 atom stereocenters. The largest absolute Gasteiger partial charge is 0.492 e. The minimum absolute atomic E-state index is 0. The second-order valence-electron chi connectivity index (χ2n) is 32.4. The topological polar surface area (TPSA) is 262 Å². The number of halogens is 1. The molecule has 30 nitrogen and oxygen atoms in total. The van der Waals surface area contributed by atoms with Crippen LogP contribution < -0.4 is 43.4 Å². The van der Waals surface area contributed by atoms with Crippen LogP contribution in [0, 0.1) is 10.5 Å². The molecule has 15 aromatic rings. The summed E-state index contributed by atoms with van der Waals surface area (Å²) in [6.07, 6.45) is 13.8. The summed E-state index contributed by atoms with van der Waals surface area (Å²) >= 11 is 2.29. The van der Waals surface area contributed by atoms with E-state index in [2.05, 4.69) is 273 Å². The first-order valence-electron chi connectivity index (χ1n) is 45.9. The second kappa shape index (κ2) is 56.8. The SMILES string of the molecule is C.CCCOCCOCCOc1ccc(-n2cc(-c3ccc(N(C)C)cc3)nn2)cc1.CCCOCCOCCOc1ccc(-n2cc(-c3ccc(N(C)C)cc3)nn2)cc1.CCCOCCOCCOc1ccc(-n2cc(-c3ccc(N(C)C)cc3)nn2)cc1.CCCOc1ccc(-n2cc(-c3ccc(N(C)C)cc3)nn2)cc1I.Cc1ccc(-n2cc(-c3ccc(N(C)C)cc3)nn2)cc1. The van der Waals surface area contributed by atoms with Gasteiger partial charge in [-0.1, -0.05) is 140 Å². The zero-order valence-corrected chi connectivity index (χ0v) is 83.1. The number of benzene rings is 10. The molecule has 0 unspecified atom stereocenters. The average molecular weight is 1970 g/mol. The third kappa shape index (κ3) is 34.1. The molecule has 31 heteroatoms. The summed E-state index contributed by atoms with van der Waals surface area (Å²) in [5.74, 6) is 3.29. The predicted molar refractivity (Wildman–Crippen MR) is 558 cm³/mol. The quantitative estimate of drug-likeness (QED) is 0.0254. The van der Waals surface area contributed by atoms with E-state index in [9.17, 15) is 0 Å². The first kappa shape index (κ1) is 106. The van der Waals surface area contributed by atoms with Gasteiger partial charge in [-0.3, -0.25) is 0 Å². The van der Waals surface area contributed by atoms with Crippen molar-refractivity contribution in [1.82, 2.24) is 75.0 Å². The van der Waals surface area contributed by atoms with E-state index in [0.29, 0.717) is 79.3 Å². The maximum Gasteiger partial charge on any atom is 0.132 e. The van der Waals surface area contributed by atoms with E-state index < -0.39 is 0 Å². The number of hydrogen-bond acceptors (Lipinski definition) is 25. The average Bonchev–Trinajstić information content (AvgIpc) is 1.72. The smallest absolute Gasteiger partial charge is 0.132 e. The Bertz CT molecular complexity index is 5520. The summed E-state index contributed by atoms with van der Waals surface area (Å²) in [5.41, 5.74) is 21.2. The maximum absolute atomic E-state index is 5.73. The first-order valence-corrected chi connectivity index (χ1v) is 47.0. The monoisotopic (exact) mass is 1970 g/mol. The van der Waals surface area contributed by atoms with Crippen molar-refractivity contribution in [2.45, 2.75) is 67.7 Å². The van der Waals surface area contributed by atoms with Crippen LogP contribution in [-0.4, -0.2) is 251 Å². The molecule has 0 saturated heterocycles. The Kier molecular flexibility index (Phi) is 43.8. The van der Waals surface area contributed by atoms with Crippen LogP contribution in [0.15, 0.2) is 268 Å². The summed E-state index contributed by atoms with van der Waals surface area (Å²) in [4.78, 5) is 10.4. The van der Waals surface area contributed by atoms with E-state index in [4.69, 9.17) is 47.4 Å². The molecular weight excluding hydrogens is 1840 g/mol. The van der Waals surface area contributed by atoms with Crippen LogP contribution in [-0.2, 0) is 28.4 Å². The zero-order valence-electron chi connectivity index (χ0n) is 81.0. The van der Waals surface area contributed by atoms with Crippen LogP contribution in [0.5, 0.6) is 23.0 Å². The lowest BCUT2D eigenvalue weighted by atomic mass is 10.1. The lowest BCUT2D eigenvalue weighted by Crippen LogP contribution is -2.11. The van der Waals surface area contributed by atoms with Crippen LogP contribution >= 0.6 is 22.6 Å². The van der Waals surface area contributed by atoms with Gasteiger partial charge < -0.3 is 71.9 Å². The molecule has 724 valence electrons. The third-order valence-corrected chi connectivity index (χ3v) is 21.6. The lowest BCUT2D eigenvalue weighted by molar-refractivity contribution is 0.0366. The summed E-state index contributed by atoms with van der Waals surface area (Å²) in [6.45, 7) is 20.3. The Morgan fingerprint density at radius 1 is 0.241 bits per heavy atom. The van der Waals surface area contributed by atoms with E-state index >= 15 is 0 Å². The zero-order chi connectivity index (χ0) is 96.2. The Balaban J connectivity index is 0.000000177. The maximum atomic E-state index is 5.73. The van der Waals surface area contributed by atoms with Gasteiger partial charge in [0.2, 0.25) is 0 Å². The van der Waals surface area contributed by atoms with Crippen molar-refractivity contribution in [2.75, 3.05) is 201 Å². The van der Waals surface area contributed by atoms with Crippen LogP contribution in [0.25, 0.3) is 84.7 Å². The molecule has 0 radical (unpaired) electrons. The molecule has 5 heterocycles. The number of aromatic nitrogens is 15. The fourth-order valence-electron chi connectivity index (χ4n) is 13.1.